The fourth-order valence-electron chi connectivity index (χ4n) is 2.23. The van der Waals surface area contributed by atoms with Crippen LogP contribution in [0.15, 0.2) is 0 Å². The molecule has 1 aliphatic heterocycles. The first-order valence-corrected chi connectivity index (χ1v) is 8.33. The number of rotatable bonds is 4. The molecule has 2 unspecified atom stereocenters. The van der Waals surface area contributed by atoms with Gasteiger partial charge in [0.2, 0.25) is 10.0 Å². The highest BCUT2D eigenvalue weighted by Gasteiger charge is 2.40. The van der Waals surface area contributed by atoms with Gasteiger partial charge in [-0.25, -0.2) is 8.42 Å². The van der Waals surface area contributed by atoms with Gasteiger partial charge in [0.15, 0.2) is 0 Å². The smallest absolute Gasteiger partial charge is 0.212 e. The molecular formula is C10H18BrNO2S. The average molecular weight is 296 g/mol. The Hall–Kier alpha value is 0.390. The predicted octanol–water partition coefficient (Wildman–Crippen LogP) is 1.83. The zero-order chi connectivity index (χ0) is 11.1. The molecule has 15 heavy (non-hydrogen) atoms. The highest BCUT2D eigenvalue weighted by molar-refractivity contribution is 9.09. The molecule has 0 spiro atoms. The molecule has 1 aliphatic carbocycles. The molecule has 0 amide bonds. The Labute approximate surface area is 100 Å². The first kappa shape index (κ1) is 11.9. The molecule has 2 aliphatic rings. The van der Waals surface area contributed by atoms with Gasteiger partial charge in [-0.2, -0.15) is 4.31 Å². The normalized spacial score (nSPS) is 33.5. The van der Waals surface area contributed by atoms with E-state index in [4.69, 9.17) is 0 Å². The van der Waals surface area contributed by atoms with Gasteiger partial charge in [0.05, 0.1) is 5.75 Å². The van der Waals surface area contributed by atoms with E-state index in [-0.39, 0.29) is 6.04 Å². The first-order valence-electron chi connectivity index (χ1n) is 5.60. The molecule has 0 bridgehead atoms. The summed E-state index contributed by atoms with van der Waals surface area (Å²) < 4.78 is 25.9. The number of halogens is 1. The lowest BCUT2D eigenvalue weighted by Gasteiger charge is -2.24. The van der Waals surface area contributed by atoms with Crippen molar-refractivity contribution < 1.29 is 8.42 Å². The number of hydrogen-bond donors (Lipinski definition) is 0. The minimum absolute atomic E-state index is 0.175. The van der Waals surface area contributed by atoms with Crippen LogP contribution in [0.3, 0.4) is 0 Å². The van der Waals surface area contributed by atoms with E-state index in [1.54, 1.807) is 4.31 Å². The lowest BCUT2D eigenvalue weighted by Crippen LogP contribution is -2.40. The summed E-state index contributed by atoms with van der Waals surface area (Å²) in [5.74, 6) is 1.31. The summed E-state index contributed by atoms with van der Waals surface area (Å²) in [4.78, 5) is 0. The van der Waals surface area contributed by atoms with E-state index in [9.17, 15) is 8.42 Å². The third kappa shape index (κ3) is 2.56. The van der Waals surface area contributed by atoms with Crippen molar-refractivity contribution in [3.8, 4) is 0 Å². The minimum Gasteiger partial charge on any atom is -0.212 e. The topological polar surface area (TPSA) is 37.4 Å². The third-order valence-electron chi connectivity index (χ3n) is 3.49. The SMILES string of the molecule is CC1CCN(S(=O)(=O)CC2CC2)C1CBr. The summed E-state index contributed by atoms with van der Waals surface area (Å²) in [5.41, 5.74) is 0. The maximum Gasteiger partial charge on any atom is 0.214 e. The fraction of sp³-hybridized carbons (Fsp3) is 1.00. The summed E-state index contributed by atoms with van der Waals surface area (Å²) in [6, 6.07) is 0.175. The average Bonchev–Trinajstić information content (AvgIpc) is 2.85. The predicted molar refractivity (Wildman–Crippen MR) is 64.6 cm³/mol. The molecule has 0 aromatic rings. The van der Waals surface area contributed by atoms with Crippen molar-refractivity contribution in [1.82, 2.24) is 4.31 Å². The van der Waals surface area contributed by atoms with Crippen LogP contribution in [0.5, 0.6) is 0 Å². The summed E-state index contributed by atoms with van der Waals surface area (Å²) in [5, 5.41) is 0.762. The fourth-order valence-corrected chi connectivity index (χ4v) is 5.60. The van der Waals surface area contributed by atoms with Gasteiger partial charge in [-0.1, -0.05) is 22.9 Å². The van der Waals surface area contributed by atoms with Crippen molar-refractivity contribution >= 4 is 26.0 Å². The Morgan fingerprint density at radius 3 is 2.53 bits per heavy atom. The van der Waals surface area contributed by atoms with Gasteiger partial charge in [-0.05, 0) is 31.1 Å². The van der Waals surface area contributed by atoms with E-state index in [1.807, 2.05) is 0 Å². The molecule has 5 heteroatoms. The van der Waals surface area contributed by atoms with Crippen LogP contribution in [0, 0.1) is 11.8 Å². The second-order valence-electron chi connectivity index (χ2n) is 4.82. The molecule has 0 radical (unpaired) electrons. The Morgan fingerprint density at radius 2 is 2.00 bits per heavy atom. The monoisotopic (exact) mass is 295 g/mol. The maximum atomic E-state index is 12.1. The zero-order valence-electron chi connectivity index (χ0n) is 9.02. The summed E-state index contributed by atoms with van der Waals surface area (Å²) in [6.07, 6.45) is 3.20. The van der Waals surface area contributed by atoms with Gasteiger partial charge >= 0.3 is 0 Å². The largest absolute Gasteiger partial charge is 0.214 e. The van der Waals surface area contributed by atoms with Crippen molar-refractivity contribution in [2.24, 2.45) is 11.8 Å². The van der Waals surface area contributed by atoms with Gasteiger partial charge in [0, 0.05) is 17.9 Å². The number of alkyl halides is 1. The van der Waals surface area contributed by atoms with E-state index >= 15 is 0 Å². The van der Waals surface area contributed by atoms with Gasteiger partial charge in [0.1, 0.15) is 0 Å². The van der Waals surface area contributed by atoms with Crippen LogP contribution in [0.4, 0.5) is 0 Å². The second kappa shape index (κ2) is 4.34. The Morgan fingerprint density at radius 1 is 1.33 bits per heavy atom. The molecule has 1 heterocycles. The summed E-state index contributed by atoms with van der Waals surface area (Å²) >= 11 is 3.43. The highest BCUT2D eigenvalue weighted by atomic mass is 79.9. The Kier molecular flexibility index (Phi) is 3.43. The quantitative estimate of drug-likeness (QED) is 0.742. The van der Waals surface area contributed by atoms with Gasteiger partial charge < -0.3 is 0 Å². The molecule has 88 valence electrons. The lowest BCUT2D eigenvalue weighted by molar-refractivity contribution is 0.377. The minimum atomic E-state index is -2.99. The summed E-state index contributed by atoms with van der Waals surface area (Å²) in [6.45, 7) is 2.85. The van der Waals surface area contributed by atoms with Crippen LogP contribution in [0.1, 0.15) is 26.2 Å². The standard InChI is InChI=1S/C10H18BrNO2S/c1-8-4-5-12(10(8)6-11)15(13,14)7-9-2-3-9/h8-10H,2-7H2,1H3. The van der Waals surface area contributed by atoms with E-state index in [0.717, 1.165) is 24.6 Å². The Balaban J connectivity index is 2.07. The highest BCUT2D eigenvalue weighted by Crippen LogP contribution is 2.34. The van der Waals surface area contributed by atoms with Crippen molar-refractivity contribution in [2.45, 2.75) is 32.2 Å². The third-order valence-corrected chi connectivity index (χ3v) is 6.21. The van der Waals surface area contributed by atoms with Crippen LogP contribution < -0.4 is 0 Å². The molecule has 0 aromatic carbocycles. The van der Waals surface area contributed by atoms with Gasteiger partial charge in [0.25, 0.3) is 0 Å². The molecule has 2 fully saturated rings. The lowest BCUT2D eigenvalue weighted by atomic mass is 10.1. The van der Waals surface area contributed by atoms with Gasteiger partial charge in [-0.3, -0.25) is 0 Å². The molecule has 1 saturated heterocycles. The second-order valence-corrected chi connectivity index (χ2v) is 7.43. The van der Waals surface area contributed by atoms with Crippen LogP contribution in [-0.4, -0.2) is 36.4 Å². The van der Waals surface area contributed by atoms with Crippen LogP contribution in [0.2, 0.25) is 0 Å². The number of sulfonamides is 1. The van der Waals surface area contributed by atoms with E-state index in [0.29, 0.717) is 24.1 Å². The van der Waals surface area contributed by atoms with Crippen molar-refractivity contribution in [3.05, 3.63) is 0 Å². The van der Waals surface area contributed by atoms with Crippen LogP contribution in [0.25, 0.3) is 0 Å². The molecule has 2 rings (SSSR count). The molecule has 0 aromatic heterocycles. The van der Waals surface area contributed by atoms with E-state index in [2.05, 4.69) is 22.9 Å². The van der Waals surface area contributed by atoms with Crippen molar-refractivity contribution in [3.63, 3.8) is 0 Å². The number of hydrogen-bond acceptors (Lipinski definition) is 2. The summed E-state index contributed by atoms with van der Waals surface area (Å²) in [7, 11) is -2.99. The van der Waals surface area contributed by atoms with E-state index in [1.165, 1.54) is 0 Å². The molecule has 0 N–H and O–H groups in total. The maximum absolute atomic E-state index is 12.1. The molecule has 3 nitrogen and oxygen atoms in total. The number of nitrogens with zero attached hydrogens (tertiary/aromatic N) is 1. The van der Waals surface area contributed by atoms with Crippen LogP contribution in [-0.2, 0) is 10.0 Å². The molecule has 1 saturated carbocycles. The van der Waals surface area contributed by atoms with Gasteiger partial charge in [-0.15, -0.1) is 0 Å². The van der Waals surface area contributed by atoms with Crippen LogP contribution >= 0.6 is 15.9 Å². The van der Waals surface area contributed by atoms with E-state index < -0.39 is 10.0 Å². The molecule has 2 atom stereocenters. The van der Waals surface area contributed by atoms with Crippen molar-refractivity contribution in [1.29, 1.82) is 0 Å². The molecular weight excluding hydrogens is 278 g/mol. The zero-order valence-corrected chi connectivity index (χ0v) is 11.4. The first-order chi connectivity index (χ1) is 7.04. The van der Waals surface area contributed by atoms with Crippen molar-refractivity contribution in [2.75, 3.05) is 17.6 Å². The Bertz CT molecular complexity index is 326.